The molecule has 350 valence electrons. The van der Waals surface area contributed by atoms with Crippen LogP contribution in [0.25, 0.3) is 72.3 Å². The van der Waals surface area contributed by atoms with Crippen LogP contribution >= 0.6 is 0 Å². The van der Waals surface area contributed by atoms with Gasteiger partial charge in [-0.05, 0) is 116 Å². The number of fused-ring (bicyclic) bond motifs is 4. The Kier molecular flexibility index (Phi) is 8.99. The molecule has 0 saturated heterocycles. The monoisotopic (exact) mass is 934 g/mol. The number of ether oxygens (including phenoxy) is 1. The third-order valence-corrected chi connectivity index (χ3v) is 13.5. The van der Waals surface area contributed by atoms with Crippen LogP contribution < -0.4 is 9.30 Å². The molecule has 0 atom stereocenters. The average Bonchev–Trinajstić information content (AvgIpc) is 3.99. The van der Waals surface area contributed by atoms with Gasteiger partial charge in [0.15, 0.2) is 0 Å². The van der Waals surface area contributed by atoms with Crippen LogP contribution in [-0.2, 0) is 22.7 Å². The summed E-state index contributed by atoms with van der Waals surface area (Å²) in [5, 5.41) is 0.999. The summed E-state index contributed by atoms with van der Waals surface area (Å²) in [6.07, 6.45) is 6.10. The SMILES string of the molecule is [2H]c1c([2H])c([2H])c(-c2cccc(-c3cc(C(C)(C)C)cc(C(C)(C)C)c3)c2-[n+]2[c-]n(-c3cccc(Oc4ccc5c6c([2H])c([2H])c([2H])c([2H])c6n(-c6cc(CC(C)(C)c7ccccc7)ccn6)c5c4)c3)c3ccccc32)c([2H])c1[2H]. The molecule has 0 N–H and O–H groups in total. The van der Waals surface area contributed by atoms with E-state index in [-0.39, 0.29) is 58.1 Å². The highest BCUT2D eigenvalue weighted by molar-refractivity contribution is 6.09. The Balaban J connectivity index is 1.06. The second-order valence-electron chi connectivity index (χ2n) is 21.0. The van der Waals surface area contributed by atoms with E-state index in [1.807, 2.05) is 123 Å². The van der Waals surface area contributed by atoms with Gasteiger partial charge < -0.3 is 4.74 Å². The van der Waals surface area contributed by atoms with Crippen LogP contribution in [0.4, 0.5) is 0 Å². The van der Waals surface area contributed by atoms with Crippen LogP contribution in [0.5, 0.6) is 11.5 Å². The quantitative estimate of drug-likeness (QED) is 0.101. The molecule has 0 amide bonds. The number of imidazole rings is 1. The minimum absolute atomic E-state index is 0.0775. The van der Waals surface area contributed by atoms with E-state index >= 15 is 0 Å². The van der Waals surface area contributed by atoms with Crippen molar-refractivity contribution in [3.8, 4) is 50.9 Å². The van der Waals surface area contributed by atoms with Gasteiger partial charge in [-0.1, -0.05) is 201 Å². The second-order valence-corrected chi connectivity index (χ2v) is 21.0. The van der Waals surface area contributed by atoms with Crippen LogP contribution in [0.1, 0.15) is 90.0 Å². The molecule has 0 radical (unpaired) electrons. The van der Waals surface area contributed by atoms with Gasteiger partial charge in [-0.2, -0.15) is 0 Å². The van der Waals surface area contributed by atoms with E-state index in [4.69, 9.17) is 17.9 Å². The molecule has 3 aromatic heterocycles. The Labute approximate surface area is 431 Å². The molecule has 0 spiro atoms. The van der Waals surface area contributed by atoms with Gasteiger partial charge in [0.05, 0.1) is 45.8 Å². The van der Waals surface area contributed by atoms with Crippen LogP contribution in [-0.4, -0.2) is 14.1 Å². The zero-order valence-electron chi connectivity index (χ0n) is 50.3. The van der Waals surface area contributed by atoms with E-state index < -0.39 is 18.1 Å². The summed E-state index contributed by atoms with van der Waals surface area (Å²) in [7, 11) is 0. The number of para-hydroxylation sites is 4. The van der Waals surface area contributed by atoms with Gasteiger partial charge in [0.25, 0.3) is 6.33 Å². The van der Waals surface area contributed by atoms with Gasteiger partial charge in [0.2, 0.25) is 0 Å². The normalized spacial score (nSPS) is 14.1. The number of pyridine rings is 1. The van der Waals surface area contributed by atoms with Gasteiger partial charge in [-0.15, -0.1) is 0 Å². The molecule has 0 aliphatic rings. The van der Waals surface area contributed by atoms with Gasteiger partial charge in [0.1, 0.15) is 17.3 Å². The smallest absolute Gasteiger partial charge is 0.269 e. The molecule has 3 heterocycles. The average molecular weight is 934 g/mol. The first-order valence-electron chi connectivity index (χ1n) is 28.6. The summed E-state index contributed by atoms with van der Waals surface area (Å²) >= 11 is 0. The largest absolute Gasteiger partial charge is 0.458 e. The van der Waals surface area contributed by atoms with Crippen molar-refractivity contribution in [3.05, 3.63) is 235 Å². The Morgan fingerprint density at radius 2 is 1.23 bits per heavy atom. The predicted molar refractivity (Wildman–Crippen MR) is 294 cm³/mol. The van der Waals surface area contributed by atoms with Crippen molar-refractivity contribution in [2.45, 2.75) is 78.1 Å². The van der Waals surface area contributed by atoms with Crippen molar-refractivity contribution in [2.24, 2.45) is 0 Å². The van der Waals surface area contributed by atoms with Crippen molar-refractivity contribution >= 4 is 32.8 Å². The Morgan fingerprint density at radius 1 is 0.549 bits per heavy atom. The number of hydrogen-bond acceptors (Lipinski definition) is 2. The van der Waals surface area contributed by atoms with Gasteiger partial charge in [0, 0.05) is 23.0 Å². The van der Waals surface area contributed by atoms with E-state index in [0.717, 1.165) is 38.9 Å². The van der Waals surface area contributed by atoms with E-state index in [1.165, 1.54) is 5.56 Å². The first kappa shape index (κ1) is 36.0. The lowest BCUT2D eigenvalue weighted by molar-refractivity contribution is -0.571. The van der Waals surface area contributed by atoms with E-state index in [9.17, 15) is 4.11 Å². The molecule has 8 aromatic carbocycles. The molecule has 71 heavy (non-hydrogen) atoms. The summed E-state index contributed by atoms with van der Waals surface area (Å²) in [4.78, 5) is 4.83. The van der Waals surface area contributed by atoms with Gasteiger partial charge in [-0.25, -0.2) is 4.98 Å². The molecule has 11 rings (SSSR count). The Bertz CT molecular complexity index is 4240. The van der Waals surface area contributed by atoms with Crippen LogP contribution in [0.3, 0.4) is 0 Å². The highest BCUT2D eigenvalue weighted by atomic mass is 16.5. The van der Waals surface area contributed by atoms with Crippen molar-refractivity contribution in [1.29, 1.82) is 0 Å². The van der Waals surface area contributed by atoms with Crippen molar-refractivity contribution in [2.75, 3.05) is 0 Å². The molecule has 5 nitrogen and oxygen atoms in total. The maximum atomic E-state index is 9.24. The lowest BCUT2D eigenvalue weighted by Crippen LogP contribution is -2.31. The summed E-state index contributed by atoms with van der Waals surface area (Å²) in [6, 6.07) is 44.7. The van der Waals surface area contributed by atoms with Gasteiger partial charge >= 0.3 is 0 Å². The number of nitrogens with zero attached hydrogens (tertiary/aromatic N) is 4. The molecule has 0 unspecified atom stereocenters. The van der Waals surface area contributed by atoms with Crippen molar-refractivity contribution in [1.82, 2.24) is 14.1 Å². The molecular weight excluding hydrogens is 865 g/mol. The molecule has 0 saturated carbocycles. The molecule has 11 aromatic rings. The number of hydrogen-bond donors (Lipinski definition) is 0. The molecule has 0 bridgehead atoms. The highest BCUT2D eigenvalue weighted by Gasteiger charge is 2.26. The summed E-state index contributed by atoms with van der Waals surface area (Å²) in [5.74, 6) is 1.45. The van der Waals surface area contributed by atoms with Crippen LogP contribution in [0.15, 0.2) is 206 Å². The number of rotatable bonds is 10. The van der Waals surface area contributed by atoms with Crippen molar-refractivity contribution < 1.29 is 21.6 Å². The Morgan fingerprint density at radius 3 is 1.99 bits per heavy atom. The number of aromatic nitrogens is 4. The second kappa shape index (κ2) is 17.7. The fourth-order valence-electron chi connectivity index (χ4n) is 9.69. The fraction of sp³-hybridized carbons (Fsp3) is 0.182. The third-order valence-electron chi connectivity index (χ3n) is 13.5. The van der Waals surface area contributed by atoms with E-state index in [0.29, 0.717) is 62.5 Å². The van der Waals surface area contributed by atoms with Gasteiger partial charge in [-0.3, -0.25) is 13.7 Å². The summed E-state index contributed by atoms with van der Waals surface area (Å²) < 4.78 is 92.6. The van der Waals surface area contributed by atoms with Crippen LogP contribution in [0, 0.1) is 6.33 Å². The summed E-state index contributed by atoms with van der Waals surface area (Å²) in [6.45, 7) is 17.5. The lowest BCUT2D eigenvalue weighted by Gasteiger charge is -2.27. The predicted octanol–water partition coefficient (Wildman–Crippen LogP) is 16.4. The molecular formula is C66H60N4O. The standard InChI is InChI=1S/C66H60N4O/c1-64(2,3)49-38-47(39-50(40-49)65(4,5)6)55-29-20-28-54(46-21-11-9-12-22-46)63(55)69-44-68(59-31-17-18-32-60(59)69)51-25-19-26-52(41-51)71-53-33-34-57-56-27-15-16-30-58(56)70(61(57)42-53)62-37-45(35-36-67-62)43-66(7,8)48-23-13-10-14-24-48/h9-42H,43H2,1-8H3/i9D,11D,12D,15D,16D,21D,22D,27D,30D. The molecule has 0 aliphatic heterocycles. The first-order valence-corrected chi connectivity index (χ1v) is 24.1. The first-order chi connectivity index (χ1) is 37.9. The van der Waals surface area contributed by atoms with E-state index in [2.05, 4.69) is 92.0 Å². The van der Waals surface area contributed by atoms with Crippen molar-refractivity contribution in [3.63, 3.8) is 0 Å². The zero-order chi connectivity index (χ0) is 56.9. The number of benzene rings is 8. The third kappa shape index (κ3) is 8.71. The maximum absolute atomic E-state index is 9.24. The molecule has 0 aliphatic carbocycles. The minimum Gasteiger partial charge on any atom is -0.458 e. The zero-order valence-corrected chi connectivity index (χ0v) is 41.3. The lowest BCUT2D eigenvalue weighted by atomic mass is 9.78. The molecule has 0 fully saturated rings. The molecule has 5 heteroatoms. The topological polar surface area (TPSA) is 35.9 Å². The minimum atomic E-state index is -0.468. The highest BCUT2D eigenvalue weighted by Crippen LogP contribution is 2.40. The summed E-state index contributed by atoms with van der Waals surface area (Å²) in [5.41, 5.74) is 9.73. The fourth-order valence-corrected chi connectivity index (χ4v) is 9.69. The van der Waals surface area contributed by atoms with Crippen LogP contribution in [0.2, 0.25) is 0 Å². The maximum Gasteiger partial charge on any atom is 0.269 e. The Hall–Kier alpha value is -8.02. The van der Waals surface area contributed by atoms with E-state index in [1.54, 1.807) is 12.3 Å².